The van der Waals surface area contributed by atoms with Gasteiger partial charge in [0.25, 0.3) is 0 Å². The minimum atomic E-state index is -0.0227. The molecule has 1 rings (SSSR count). The van der Waals surface area contributed by atoms with E-state index < -0.39 is 0 Å². The standard InChI is InChI=1S/C12H20BrN3O/c1-5-7-9(17-4)11-15-8(6-2)10(13)12(14-3)16-11/h9H,5-7H2,1-4H3,(H,14,15,16). The van der Waals surface area contributed by atoms with Gasteiger partial charge in [-0.3, -0.25) is 0 Å². The number of hydrogen-bond acceptors (Lipinski definition) is 4. The zero-order valence-electron chi connectivity index (χ0n) is 10.9. The number of nitrogens with one attached hydrogen (secondary N) is 1. The second-order valence-electron chi connectivity index (χ2n) is 3.81. The highest BCUT2D eigenvalue weighted by Gasteiger charge is 2.17. The first-order chi connectivity index (χ1) is 8.17. The van der Waals surface area contributed by atoms with E-state index >= 15 is 0 Å². The lowest BCUT2D eigenvalue weighted by Gasteiger charge is -2.16. The molecule has 0 aromatic carbocycles. The molecule has 0 spiro atoms. The van der Waals surface area contributed by atoms with Crippen molar-refractivity contribution in [2.45, 2.75) is 39.2 Å². The first-order valence-electron chi connectivity index (χ1n) is 5.94. The number of ether oxygens (including phenoxy) is 1. The fourth-order valence-corrected chi connectivity index (χ4v) is 2.33. The maximum Gasteiger partial charge on any atom is 0.159 e. The Kier molecular flexibility index (Phi) is 5.85. The van der Waals surface area contributed by atoms with E-state index in [1.54, 1.807) is 7.11 Å². The van der Waals surface area contributed by atoms with Gasteiger partial charge in [-0.15, -0.1) is 0 Å². The molecule has 0 radical (unpaired) electrons. The van der Waals surface area contributed by atoms with E-state index in [4.69, 9.17) is 4.74 Å². The van der Waals surface area contributed by atoms with Crippen LogP contribution in [-0.2, 0) is 11.2 Å². The average molecular weight is 302 g/mol. The topological polar surface area (TPSA) is 47.0 Å². The number of anilines is 1. The van der Waals surface area contributed by atoms with Crippen molar-refractivity contribution in [3.05, 3.63) is 16.0 Å². The molecule has 1 aromatic heterocycles. The Morgan fingerprint density at radius 1 is 1.35 bits per heavy atom. The maximum absolute atomic E-state index is 5.45. The van der Waals surface area contributed by atoms with Crippen LogP contribution in [0.2, 0.25) is 0 Å². The van der Waals surface area contributed by atoms with Crippen molar-refractivity contribution in [2.24, 2.45) is 0 Å². The summed E-state index contributed by atoms with van der Waals surface area (Å²) >= 11 is 3.52. The number of nitrogens with zero attached hydrogens (tertiary/aromatic N) is 2. The van der Waals surface area contributed by atoms with Crippen LogP contribution in [0.5, 0.6) is 0 Å². The number of halogens is 1. The molecule has 5 heteroatoms. The van der Waals surface area contributed by atoms with Crippen LogP contribution >= 0.6 is 15.9 Å². The SMILES string of the molecule is CCCC(OC)c1nc(CC)c(Br)c(NC)n1. The van der Waals surface area contributed by atoms with Gasteiger partial charge >= 0.3 is 0 Å². The first kappa shape index (κ1) is 14.4. The summed E-state index contributed by atoms with van der Waals surface area (Å²) in [6.07, 6.45) is 2.83. The zero-order valence-corrected chi connectivity index (χ0v) is 12.5. The molecule has 0 aliphatic heterocycles. The number of aromatic nitrogens is 2. The normalized spacial score (nSPS) is 12.5. The number of methoxy groups -OCH3 is 1. The average Bonchev–Trinajstić information content (AvgIpc) is 2.36. The second-order valence-corrected chi connectivity index (χ2v) is 4.60. The lowest BCUT2D eigenvalue weighted by molar-refractivity contribution is 0.0875. The van der Waals surface area contributed by atoms with Crippen molar-refractivity contribution in [1.82, 2.24) is 9.97 Å². The Balaban J connectivity index is 3.15. The monoisotopic (exact) mass is 301 g/mol. The van der Waals surface area contributed by atoms with Crippen LogP contribution in [0.3, 0.4) is 0 Å². The first-order valence-corrected chi connectivity index (χ1v) is 6.74. The van der Waals surface area contributed by atoms with E-state index in [0.717, 1.165) is 41.1 Å². The molecule has 0 amide bonds. The molecule has 0 fully saturated rings. The summed E-state index contributed by atoms with van der Waals surface area (Å²) in [6.45, 7) is 4.21. The molecule has 1 atom stereocenters. The summed E-state index contributed by atoms with van der Waals surface area (Å²) in [7, 11) is 3.56. The second kappa shape index (κ2) is 6.91. The quantitative estimate of drug-likeness (QED) is 0.875. The highest BCUT2D eigenvalue weighted by atomic mass is 79.9. The van der Waals surface area contributed by atoms with Crippen molar-refractivity contribution >= 4 is 21.7 Å². The molecule has 0 aliphatic carbocycles. The van der Waals surface area contributed by atoms with Crippen LogP contribution in [0.1, 0.15) is 44.3 Å². The summed E-state index contributed by atoms with van der Waals surface area (Å²) < 4.78 is 6.39. The van der Waals surface area contributed by atoms with E-state index in [1.807, 2.05) is 7.05 Å². The highest BCUT2D eigenvalue weighted by Crippen LogP contribution is 2.27. The summed E-state index contributed by atoms with van der Waals surface area (Å²) in [5.74, 6) is 1.59. The Hall–Kier alpha value is -0.680. The van der Waals surface area contributed by atoms with Gasteiger partial charge in [0.1, 0.15) is 11.9 Å². The van der Waals surface area contributed by atoms with Gasteiger partial charge in [0.2, 0.25) is 0 Å². The van der Waals surface area contributed by atoms with Crippen LogP contribution in [0.25, 0.3) is 0 Å². The number of aryl methyl sites for hydroxylation is 1. The lowest BCUT2D eigenvalue weighted by atomic mass is 10.2. The fourth-order valence-electron chi connectivity index (χ4n) is 1.67. The van der Waals surface area contributed by atoms with E-state index in [0.29, 0.717) is 0 Å². The van der Waals surface area contributed by atoms with Crippen LogP contribution in [0.4, 0.5) is 5.82 Å². The molecule has 1 heterocycles. The molecule has 1 N–H and O–H groups in total. The molecular formula is C12H20BrN3O. The zero-order chi connectivity index (χ0) is 12.8. The van der Waals surface area contributed by atoms with Gasteiger partial charge in [-0.05, 0) is 28.8 Å². The van der Waals surface area contributed by atoms with Gasteiger partial charge < -0.3 is 10.1 Å². The molecule has 0 aliphatic rings. The third-order valence-corrected chi connectivity index (χ3v) is 3.47. The minimum absolute atomic E-state index is 0.0227. The van der Waals surface area contributed by atoms with Crippen molar-refractivity contribution in [1.29, 1.82) is 0 Å². The third-order valence-electron chi connectivity index (χ3n) is 2.63. The van der Waals surface area contributed by atoms with Crippen molar-refractivity contribution in [2.75, 3.05) is 19.5 Å². The molecular weight excluding hydrogens is 282 g/mol. The number of rotatable bonds is 6. The van der Waals surface area contributed by atoms with E-state index in [9.17, 15) is 0 Å². The molecule has 96 valence electrons. The Bertz CT molecular complexity index is 346. The summed E-state index contributed by atoms with van der Waals surface area (Å²) in [4.78, 5) is 9.06. The van der Waals surface area contributed by atoms with Gasteiger partial charge in [0.15, 0.2) is 5.82 Å². The van der Waals surface area contributed by atoms with Gasteiger partial charge in [-0.2, -0.15) is 0 Å². The summed E-state index contributed by atoms with van der Waals surface area (Å²) in [5.41, 5.74) is 1.01. The smallest absolute Gasteiger partial charge is 0.159 e. The molecule has 0 saturated carbocycles. The van der Waals surface area contributed by atoms with Gasteiger partial charge in [0, 0.05) is 14.2 Å². The Morgan fingerprint density at radius 2 is 2.06 bits per heavy atom. The van der Waals surface area contributed by atoms with Gasteiger partial charge in [0.05, 0.1) is 10.2 Å². The molecule has 0 saturated heterocycles. The van der Waals surface area contributed by atoms with Gasteiger partial charge in [-0.1, -0.05) is 20.3 Å². The van der Waals surface area contributed by atoms with Crippen molar-refractivity contribution in [3.8, 4) is 0 Å². The van der Waals surface area contributed by atoms with Crippen LogP contribution < -0.4 is 5.32 Å². The maximum atomic E-state index is 5.45. The summed E-state index contributed by atoms with van der Waals surface area (Å²) in [6, 6.07) is 0. The molecule has 17 heavy (non-hydrogen) atoms. The minimum Gasteiger partial charge on any atom is -0.373 e. The predicted octanol–water partition coefficient (Wildman–Crippen LogP) is 3.33. The predicted molar refractivity (Wildman–Crippen MR) is 73.3 cm³/mol. The van der Waals surface area contributed by atoms with Crippen LogP contribution in [0.15, 0.2) is 4.47 Å². The van der Waals surface area contributed by atoms with E-state index in [-0.39, 0.29) is 6.10 Å². The molecule has 0 bridgehead atoms. The molecule has 4 nitrogen and oxygen atoms in total. The Labute approximate surface area is 111 Å². The fraction of sp³-hybridized carbons (Fsp3) is 0.667. The third kappa shape index (κ3) is 3.39. The molecule has 1 aromatic rings. The van der Waals surface area contributed by atoms with Crippen molar-refractivity contribution in [3.63, 3.8) is 0 Å². The molecule has 1 unspecified atom stereocenters. The lowest BCUT2D eigenvalue weighted by Crippen LogP contribution is -2.11. The van der Waals surface area contributed by atoms with E-state index in [2.05, 4.69) is 45.1 Å². The highest BCUT2D eigenvalue weighted by molar-refractivity contribution is 9.10. The summed E-state index contributed by atoms with van der Waals surface area (Å²) in [5, 5.41) is 3.08. The van der Waals surface area contributed by atoms with E-state index in [1.165, 1.54) is 0 Å². The van der Waals surface area contributed by atoms with Crippen LogP contribution in [0, 0.1) is 0 Å². The van der Waals surface area contributed by atoms with Crippen molar-refractivity contribution < 1.29 is 4.74 Å². The van der Waals surface area contributed by atoms with Gasteiger partial charge in [-0.25, -0.2) is 9.97 Å². The number of hydrogen-bond donors (Lipinski definition) is 1. The van der Waals surface area contributed by atoms with Crippen LogP contribution in [-0.4, -0.2) is 24.1 Å². The largest absolute Gasteiger partial charge is 0.373 e. The Morgan fingerprint density at radius 3 is 2.53 bits per heavy atom.